The van der Waals surface area contributed by atoms with Crippen LogP contribution in [0.2, 0.25) is 0 Å². The SMILES string of the molecule is [Cl-].c1cn[n+]2c[nH]cc2c1. The van der Waals surface area contributed by atoms with Crippen molar-refractivity contribution in [2.75, 3.05) is 0 Å². The third kappa shape index (κ3) is 0.953. The van der Waals surface area contributed by atoms with E-state index in [4.69, 9.17) is 0 Å². The van der Waals surface area contributed by atoms with Crippen molar-refractivity contribution in [1.82, 2.24) is 10.1 Å². The molecule has 0 aliphatic rings. The summed E-state index contributed by atoms with van der Waals surface area (Å²) in [5.41, 5.74) is 1.08. The predicted octanol–water partition coefficient (Wildman–Crippen LogP) is -2.85. The molecule has 0 saturated carbocycles. The van der Waals surface area contributed by atoms with E-state index in [0.29, 0.717) is 0 Å². The summed E-state index contributed by atoms with van der Waals surface area (Å²) in [6.07, 6.45) is 5.45. The summed E-state index contributed by atoms with van der Waals surface area (Å²) < 4.78 is 1.78. The number of fused-ring (bicyclic) bond motifs is 1. The molecule has 0 saturated heterocycles. The fourth-order valence-electron chi connectivity index (χ4n) is 0.810. The van der Waals surface area contributed by atoms with Crippen LogP contribution in [0.15, 0.2) is 30.9 Å². The van der Waals surface area contributed by atoms with Crippen LogP contribution >= 0.6 is 0 Å². The second-order valence-corrected chi connectivity index (χ2v) is 1.83. The van der Waals surface area contributed by atoms with Gasteiger partial charge in [-0.3, -0.25) is 0 Å². The average molecular weight is 156 g/mol. The van der Waals surface area contributed by atoms with Gasteiger partial charge in [-0.15, -0.1) is 4.52 Å². The highest BCUT2D eigenvalue weighted by Gasteiger charge is 1.95. The number of imidazole rings is 1. The molecule has 0 spiro atoms. The molecule has 0 aromatic carbocycles. The summed E-state index contributed by atoms with van der Waals surface area (Å²) >= 11 is 0. The summed E-state index contributed by atoms with van der Waals surface area (Å²) in [5.74, 6) is 0. The molecule has 0 radical (unpaired) electrons. The van der Waals surface area contributed by atoms with E-state index in [2.05, 4.69) is 10.1 Å². The van der Waals surface area contributed by atoms with Crippen molar-refractivity contribution in [2.24, 2.45) is 0 Å². The molecule has 0 fully saturated rings. The fourth-order valence-corrected chi connectivity index (χ4v) is 0.810. The normalized spacial score (nSPS) is 9.20. The van der Waals surface area contributed by atoms with Gasteiger partial charge in [0, 0.05) is 0 Å². The van der Waals surface area contributed by atoms with E-state index in [1.807, 2.05) is 18.3 Å². The molecule has 10 heavy (non-hydrogen) atoms. The Morgan fingerprint density at radius 1 is 1.50 bits per heavy atom. The van der Waals surface area contributed by atoms with E-state index in [1.54, 1.807) is 17.0 Å². The first-order valence-electron chi connectivity index (χ1n) is 2.76. The van der Waals surface area contributed by atoms with Crippen molar-refractivity contribution < 1.29 is 16.9 Å². The zero-order chi connectivity index (χ0) is 6.10. The van der Waals surface area contributed by atoms with Crippen LogP contribution in [0, 0.1) is 0 Å². The van der Waals surface area contributed by atoms with Crippen molar-refractivity contribution in [3.05, 3.63) is 30.9 Å². The third-order valence-corrected chi connectivity index (χ3v) is 1.24. The average Bonchev–Trinajstić information content (AvgIpc) is 2.33. The monoisotopic (exact) mass is 155 g/mol. The molecule has 2 aromatic rings. The number of nitrogens with one attached hydrogen (secondary N) is 1. The van der Waals surface area contributed by atoms with Gasteiger partial charge in [0.15, 0.2) is 5.52 Å². The van der Waals surface area contributed by atoms with E-state index in [-0.39, 0.29) is 12.4 Å². The number of aromatic nitrogens is 3. The molecular weight excluding hydrogens is 150 g/mol. The second kappa shape index (κ2) is 2.66. The van der Waals surface area contributed by atoms with Crippen molar-refractivity contribution in [1.29, 1.82) is 0 Å². The lowest BCUT2D eigenvalue weighted by Crippen LogP contribution is -3.00. The highest BCUT2D eigenvalue weighted by molar-refractivity contribution is 5.33. The van der Waals surface area contributed by atoms with Crippen molar-refractivity contribution in [2.45, 2.75) is 0 Å². The number of aromatic amines is 1. The minimum absolute atomic E-state index is 0. The van der Waals surface area contributed by atoms with Gasteiger partial charge in [0.2, 0.25) is 0 Å². The van der Waals surface area contributed by atoms with Crippen molar-refractivity contribution in [3.63, 3.8) is 0 Å². The van der Waals surface area contributed by atoms with Crippen LogP contribution in [-0.4, -0.2) is 10.1 Å². The first-order valence-corrected chi connectivity index (χ1v) is 2.76. The summed E-state index contributed by atoms with van der Waals surface area (Å²) in [6, 6.07) is 3.90. The van der Waals surface area contributed by atoms with Crippen LogP contribution in [-0.2, 0) is 0 Å². The van der Waals surface area contributed by atoms with Crippen LogP contribution in [0.1, 0.15) is 0 Å². The van der Waals surface area contributed by atoms with Crippen LogP contribution in [0.5, 0.6) is 0 Å². The second-order valence-electron chi connectivity index (χ2n) is 1.83. The molecule has 2 rings (SSSR count). The molecule has 4 heteroatoms. The predicted molar refractivity (Wildman–Crippen MR) is 31.7 cm³/mol. The standard InChI is InChI=1S/C6H5N3.ClH/c1-2-6-4-7-5-9(6)8-3-1;/h1-5H;1H. The summed E-state index contributed by atoms with van der Waals surface area (Å²) in [6.45, 7) is 0. The van der Waals surface area contributed by atoms with Crippen LogP contribution < -0.4 is 16.9 Å². The van der Waals surface area contributed by atoms with Gasteiger partial charge in [-0.2, -0.15) is 0 Å². The fraction of sp³-hybridized carbons (Fsp3) is 0. The molecule has 2 heterocycles. The molecule has 52 valence electrons. The Morgan fingerprint density at radius 2 is 2.40 bits per heavy atom. The lowest BCUT2D eigenvalue weighted by molar-refractivity contribution is -0.580. The van der Waals surface area contributed by atoms with Gasteiger partial charge < -0.3 is 12.4 Å². The van der Waals surface area contributed by atoms with Gasteiger partial charge in [0.1, 0.15) is 6.20 Å². The Kier molecular flexibility index (Phi) is 1.87. The molecule has 0 unspecified atom stereocenters. The van der Waals surface area contributed by atoms with Gasteiger partial charge in [-0.1, -0.05) is 5.10 Å². The summed E-state index contributed by atoms with van der Waals surface area (Å²) in [5, 5.41) is 4.03. The highest BCUT2D eigenvalue weighted by atomic mass is 35.5. The maximum absolute atomic E-state index is 4.03. The van der Waals surface area contributed by atoms with Crippen LogP contribution in [0.3, 0.4) is 0 Å². The largest absolute Gasteiger partial charge is 1.00 e. The number of hydrogen-bond acceptors (Lipinski definition) is 1. The zero-order valence-corrected chi connectivity index (χ0v) is 5.92. The summed E-state index contributed by atoms with van der Waals surface area (Å²) in [7, 11) is 0. The molecule has 0 bridgehead atoms. The highest BCUT2D eigenvalue weighted by Crippen LogP contribution is 1.87. The molecule has 0 aliphatic heterocycles. The van der Waals surface area contributed by atoms with Gasteiger partial charge in [-0.05, 0) is 12.1 Å². The van der Waals surface area contributed by atoms with E-state index >= 15 is 0 Å². The Labute approximate surface area is 64.1 Å². The Morgan fingerprint density at radius 3 is 3.20 bits per heavy atom. The minimum atomic E-state index is 0. The Hall–Kier alpha value is -1.09. The molecular formula is C6H6ClN3. The lowest BCUT2D eigenvalue weighted by atomic mass is 10.5. The zero-order valence-electron chi connectivity index (χ0n) is 5.16. The molecule has 3 nitrogen and oxygen atoms in total. The molecule has 0 atom stereocenters. The lowest BCUT2D eigenvalue weighted by Gasteiger charge is -1.77. The minimum Gasteiger partial charge on any atom is -1.00 e. The van der Waals surface area contributed by atoms with E-state index in [0.717, 1.165) is 5.52 Å². The van der Waals surface area contributed by atoms with E-state index in [9.17, 15) is 0 Å². The first kappa shape index (κ1) is 7.02. The maximum atomic E-state index is 4.03. The number of halogens is 1. The van der Waals surface area contributed by atoms with Gasteiger partial charge >= 0.3 is 0 Å². The Bertz CT molecular complexity index is 287. The molecule has 1 N–H and O–H groups in total. The van der Waals surface area contributed by atoms with Crippen LogP contribution in [0.4, 0.5) is 0 Å². The van der Waals surface area contributed by atoms with Gasteiger partial charge in [0.25, 0.3) is 6.33 Å². The van der Waals surface area contributed by atoms with Gasteiger partial charge in [0.05, 0.1) is 6.20 Å². The summed E-state index contributed by atoms with van der Waals surface area (Å²) in [4.78, 5) is 2.94. The van der Waals surface area contributed by atoms with Crippen LogP contribution in [0.25, 0.3) is 5.52 Å². The molecule has 0 amide bonds. The number of nitrogens with zero attached hydrogens (tertiary/aromatic N) is 2. The quantitative estimate of drug-likeness (QED) is 0.409. The molecule has 0 aliphatic carbocycles. The van der Waals surface area contributed by atoms with E-state index < -0.39 is 0 Å². The van der Waals surface area contributed by atoms with Crippen molar-refractivity contribution in [3.8, 4) is 0 Å². The van der Waals surface area contributed by atoms with Gasteiger partial charge in [-0.25, -0.2) is 4.98 Å². The number of hydrogen-bond donors (Lipinski definition) is 1. The Balaban J connectivity index is 0.000000500. The molecule has 2 aromatic heterocycles. The number of rotatable bonds is 0. The number of H-pyrrole nitrogens is 1. The van der Waals surface area contributed by atoms with Crippen molar-refractivity contribution >= 4 is 5.52 Å². The topological polar surface area (TPSA) is 32.8 Å². The first-order chi connectivity index (χ1) is 4.47. The maximum Gasteiger partial charge on any atom is 0.268 e. The third-order valence-electron chi connectivity index (χ3n) is 1.24. The smallest absolute Gasteiger partial charge is 0.268 e. The van der Waals surface area contributed by atoms with E-state index in [1.165, 1.54) is 0 Å².